The molecule has 4 nitrogen and oxygen atoms in total. The van der Waals surface area contributed by atoms with Gasteiger partial charge in [-0.1, -0.05) is 29.3 Å². The van der Waals surface area contributed by atoms with E-state index in [4.69, 9.17) is 23.2 Å². The summed E-state index contributed by atoms with van der Waals surface area (Å²) in [5, 5.41) is 0.606. The second-order valence-electron chi connectivity index (χ2n) is 3.63. The minimum absolute atomic E-state index is 0.159. The molecule has 0 amide bonds. The van der Waals surface area contributed by atoms with E-state index in [0.717, 1.165) is 0 Å². The molecule has 0 aromatic carbocycles. The molecule has 0 saturated carbocycles. The van der Waals surface area contributed by atoms with E-state index < -0.39 is 0 Å². The van der Waals surface area contributed by atoms with E-state index in [-0.39, 0.29) is 10.7 Å². The van der Waals surface area contributed by atoms with E-state index in [1.807, 2.05) is 0 Å². The quantitative estimate of drug-likeness (QED) is 0.783. The molecular formula is C11H8BrCl2N3O. The van der Waals surface area contributed by atoms with Crippen molar-refractivity contribution in [3.63, 3.8) is 0 Å². The number of hydrogen-bond acceptors (Lipinski definition) is 3. The number of aryl methyl sites for hydroxylation is 1. The molecule has 0 atom stereocenters. The highest BCUT2D eigenvalue weighted by atomic mass is 79.9. The Labute approximate surface area is 122 Å². The number of aromatic nitrogens is 3. The highest BCUT2D eigenvalue weighted by Crippen LogP contribution is 2.17. The van der Waals surface area contributed by atoms with Crippen molar-refractivity contribution in [2.45, 2.75) is 13.5 Å². The second kappa shape index (κ2) is 5.38. The zero-order chi connectivity index (χ0) is 13.3. The molecule has 7 heteroatoms. The van der Waals surface area contributed by atoms with Crippen molar-refractivity contribution in [3.05, 3.63) is 54.9 Å². The van der Waals surface area contributed by atoms with Crippen molar-refractivity contribution in [2.24, 2.45) is 0 Å². The van der Waals surface area contributed by atoms with Crippen LogP contribution in [0.4, 0.5) is 0 Å². The van der Waals surface area contributed by atoms with Crippen molar-refractivity contribution in [1.29, 1.82) is 0 Å². The number of pyridine rings is 1. The Morgan fingerprint density at radius 1 is 1.39 bits per heavy atom. The lowest BCUT2D eigenvalue weighted by atomic mass is 10.3. The summed E-state index contributed by atoms with van der Waals surface area (Å²) >= 11 is 14.9. The molecular weight excluding hydrogens is 341 g/mol. The molecule has 0 unspecified atom stereocenters. The summed E-state index contributed by atoms with van der Waals surface area (Å²) in [5.41, 5.74) is 0.555. The van der Waals surface area contributed by atoms with Gasteiger partial charge in [-0.2, -0.15) is 0 Å². The van der Waals surface area contributed by atoms with Crippen LogP contribution in [-0.4, -0.2) is 14.5 Å². The number of hydrogen-bond donors (Lipinski definition) is 0. The van der Waals surface area contributed by atoms with Gasteiger partial charge in [0.05, 0.1) is 6.54 Å². The number of nitrogens with zero attached hydrogens (tertiary/aromatic N) is 3. The lowest BCUT2D eigenvalue weighted by Gasteiger charge is -2.10. The summed E-state index contributed by atoms with van der Waals surface area (Å²) in [7, 11) is 0. The molecule has 0 bridgehead atoms. The van der Waals surface area contributed by atoms with Gasteiger partial charge in [-0.25, -0.2) is 9.97 Å². The maximum absolute atomic E-state index is 12.0. The first-order valence-corrected chi connectivity index (χ1v) is 6.57. The van der Waals surface area contributed by atoms with E-state index in [1.54, 1.807) is 19.1 Å². The third-order valence-corrected chi connectivity index (χ3v) is 3.51. The fourth-order valence-electron chi connectivity index (χ4n) is 1.47. The van der Waals surface area contributed by atoms with E-state index in [2.05, 4.69) is 25.9 Å². The van der Waals surface area contributed by atoms with Gasteiger partial charge in [0.2, 0.25) is 0 Å². The predicted octanol–water partition coefficient (Wildman–Crippen LogP) is 3.06. The fourth-order valence-corrected chi connectivity index (χ4v) is 2.19. The van der Waals surface area contributed by atoms with Gasteiger partial charge >= 0.3 is 0 Å². The topological polar surface area (TPSA) is 47.8 Å². The standard InChI is InChI=1S/C11H8BrCl2N3O/c1-6-15-4-8(12)11(18)17(6)5-7-2-3-9(13)16-10(7)14/h2-4H,5H2,1H3. The zero-order valence-corrected chi connectivity index (χ0v) is 12.4. The zero-order valence-electron chi connectivity index (χ0n) is 9.32. The van der Waals surface area contributed by atoms with Crippen LogP contribution in [0.15, 0.2) is 27.6 Å². The lowest BCUT2D eigenvalue weighted by molar-refractivity contribution is 0.693. The smallest absolute Gasteiger partial charge is 0.268 e. The first-order valence-electron chi connectivity index (χ1n) is 5.02. The van der Waals surface area contributed by atoms with Crippen LogP contribution in [-0.2, 0) is 6.54 Å². The third-order valence-electron chi connectivity index (χ3n) is 2.43. The second-order valence-corrected chi connectivity index (χ2v) is 5.23. The first-order chi connectivity index (χ1) is 8.49. The summed E-state index contributed by atoms with van der Waals surface area (Å²) in [6, 6.07) is 3.37. The summed E-state index contributed by atoms with van der Waals surface area (Å²) in [5.74, 6) is 0.606. The Morgan fingerprint density at radius 3 is 2.78 bits per heavy atom. The van der Waals surface area contributed by atoms with Crippen molar-refractivity contribution >= 4 is 39.1 Å². The number of rotatable bonds is 2. The average Bonchev–Trinajstić information content (AvgIpc) is 2.32. The van der Waals surface area contributed by atoms with E-state index in [9.17, 15) is 4.79 Å². The third kappa shape index (κ3) is 2.74. The molecule has 2 aromatic rings. The van der Waals surface area contributed by atoms with Gasteiger partial charge in [-0.3, -0.25) is 9.36 Å². The van der Waals surface area contributed by atoms with E-state index in [1.165, 1.54) is 10.8 Å². The molecule has 2 aromatic heterocycles. The Bertz CT molecular complexity index is 657. The van der Waals surface area contributed by atoms with Crippen molar-refractivity contribution in [3.8, 4) is 0 Å². The molecule has 0 aliphatic carbocycles. The average molecular weight is 349 g/mol. The van der Waals surface area contributed by atoms with E-state index >= 15 is 0 Å². The fraction of sp³-hybridized carbons (Fsp3) is 0.182. The van der Waals surface area contributed by atoms with Crippen LogP contribution in [0.5, 0.6) is 0 Å². The van der Waals surface area contributed by atoms with Crippen molar-refractivity contribution < 1.29 is 0 Å². The Kier molecular flexibility index (Phi) is 4.04. The minimum atomic E-state index is -0.159. The minimum Gasteiger partial charge on any atom is -0.291 e. The van der Waals surface area contributed by atoms with E-state index in [0.29, 0.717) is 27.6 Å². The number of halogens is 3. The molecule has 94 valence electrons. The molecule has 0 spiro atoms. The van der Waals surface area contributed by atoms with Crippen molar-refractivity contribution in [1.82, 2.24) is 14.5 Å². The van der Waals surface area contributed by atoms with Gasteiger partial charge in [0.15, 0.2) is 0 Å². The summed E-state index contributed by atoms with van der Waals surface area (Å²) < 4.78 is 1.92. The predicted molar refractivity (Wildman–Crippen MR) is 74.3 cm³/mol. The van der Waals surface area contributed by atoms with Crippen LogP contribution in [0, 0.1) is 6.92 Å². The van der Waals surface area contributed by atoms with Gasteiger partial charge < -0.3 is 0 Å². The van der Waals surface area contributed by atoms with Crippen LogP contribution in [0.2, 0.25) is 10.3 Å². The molecule has 18 heavy (non-hydrogen) atoms. The summed E-state index contributed by atoms with van der Waals surface area (Å²) in [4.78, 5) is 20.0. The van der Waals surface area contributed by atoms with Crippen LogP contribution < -0.4 is 5.56 Å². The Hall–Kier alpha value is -0.910. The van der Waals surface area contributed by atoms with Crippen LogP contribution in [0.3, 0.4) is 0 Å². The molecule has 0 aliphatic heterocycles. The van der Waals surface area contributed by atoms with Gasteiger partial charge in [0.1, 0.15) is 20.6 Å². The Balaban J connectivity index is 2.46. The van der Waals surface area contributed by atoms with Crippen LogP contribution in [0.25, 0.3) is 0 Å². The van der Waals surface area contributed by atoms with Gasteiger partial charge in [-0.05, 0) is 28.9 Å². The normalized spacial score (nSPS) is 10.7. The molecule has 0 N–H and O–H groups in total. The highest BCUT2D eigenvalue weighted by Gasteiger charge is 2.09. The van der Waals surface area contributed by atoms with Gasteiger partial charge in [0.25, 0.3) is 5.56 Å². The monoisotopic (exact) mass is 347 g/mol. The van der Waals surface area contributed by atoms with Crippen molar-refractivity contribution in [2.75, 3.05) is 0 Å². The first kappa shape index (κ1) is 13.5. The maximum Gasteiger partial charge on any atom is 0.268 e. The molecule has 0 radical (unpaired) electrons. The molecule has 0 saturated heterocycles. The SMILES string of the molecule is Cc1ncc(Br)c(=O)n1Cc1ccc(Cl)nc1Cl. The summed E-state index contributed by atoms with van der Waals surface area (Å²) in [6.45, 7) is 2.06. The Morgan fingerprint density at radius 2 is 2.11 bits per heavy atom. The molecule has 2 rings (SSSR count). The molecule has 0 aliphatic rings. The maximum atomic E-state index is 12.0. The largest absolute Gasteiger partial charge is 0.291 e. The summed E-state index contributed by atoms with van der Waals surface area (Å²) in [6.07, 6.45) is 1.48. The molecule has 2 heterocycles. The van der Waals surface area contributed by atoms with Crippen LogP contribution in [0.1, 0.15) is 11.4 Å². The van der Waals surface area contributed by atoms with Crippen LogP contribution >= 0.6 is 39.1 Å². The van der Waals surface area contributed by atoms with Gasteiger partial charge in [-0.15, -0.1) is 0 Å². The highest BCUT2D eigenvalue weighted by molar-refractivity contribution is 9.10. The lowest BCUT2D eigenvalue weighted by Crippen LogP contribution is -2.24. The van der Waals surface area contributed by atoms with Gasteiger partial charge in [0, 0.05) is 11.8 Å². The molecule has 0 fully saturated rings.